The van der Waals surface area contributed by atoms with E-state index in [-0.39, 0.29) is 5.91 Å². The minimum absolute atomic E-state index is 0.276. The van der Waals surface area contributed by atoms with Crippen molar-refractivity contribution in [3.8, 4) is 0 Å². The van der Waals surface area contributed by atoms with Crippen LogP contribution >= 0.6 is 11.6 Å². The average Bonchev–Trinajstić information content (AvgIpc) is 2.46. The standard InChI is InChI=1S/C17H17ClF2N2O/c1-10(15-7-6-13(19)9-16(15)20)21-11(2)17(23)22-14-5-3-4-12(18)8-14/h3-11,21H,1-2H3,(H,22,23)/t10-,11+/m0/s1. The molecule has 2 atom stereocenters. The summed E-state index contributed by atoms with van der Waals surface area (Å²) >= 11 is 5.86. The molecule has 0 bridgehead atoms. The molecule has 0 saturated carbocycles. The molecule has 0 spiro atoms. The van der Waals surface area contributed by atoms with Crippen LogP contribution in [0.2, 0.25) is 5.02 Å². The first-order chi connectivity index (χ1) is 10.9. The van der Waals surface area contributed by atoms with Gasteiger partial charge in [-0.3, -0.25) is 10.1 Å². The quantitative estimate of drug-likeness (QED) is 0.853. The van der Waals surface area contributed by atoms with Crippen LogP contribution in [0.25, 0.3) is 0 Å². The van der Waals surface area contributed by atoms with Gasteiger partial charge in [-0.05, 0) is 38.1 Å². The molecule has 0 unspecified atom stereocenters. The minimum Gasteiger partial charge on any atom is -0.325 e. The Kier molecular flexibility index (Phi) is 5.69. The third kappa shape index (κ3) is 4.74. The molecule has 3 nitrogen and oxygen atoms in total. The normalized spacial score (nSPS) is 13.4. The Morgan fingerprint density at radius 1 is 1.13 bits per heavy atom. The molecule has 0 fully saturated rings. The lowest BCUT2D eigenvalue weighted by Gasteiger charge is -2.20. The van der Waals surface area contributed by atoms with Crippen molar-refractivity contribution >= 4 is 23.2 Å². The average molecular weight is 339 g/mol. The summed E-state index contributed by atoms with van der Waals surface area (Å²) in [6.07, 6.45) is 0. The molecule has 122 valence electrons. The molecule has 2 N–H and O–H groups in total. The molecule has 2 rings (SSSR count). The van der Waals surface area contributed by atoms with E-state index in [4.69, 9.17) is 11.6 Å². The van der Waals surface area contributed by atoms with Crippen LogP contribution in [0.15, 0.2) is 42.5 Å². The van der Waals surface area contributed by atoms with Crippen molar-refractivity contribution in [3.63, 3.8) is 0 Å². The van der Waals surface area contributed by atoms with E-state index in [9.17, 15) is 13.6 Å². The van der Waals surface area contributed by atoms with Crippen molar-refractivity contribution in [3.05, 3.63) is 64.7 Å². The summed E-state index contributed by atoms with van der Waals surface area (Å²) in [6.45, 7) is 3.37. The van der Waals surface area contributed by atoms with Crippen LogP contribution in [-0.4, -0.2) is 11.9 Å². The summed E-state index contributed by atoms with van der Waals surface area (Å²) in [4.78, 5) is 12.2. The van der Waals surface area contributed by atoms with Crippen molar-refractivity contribution in [2.75, 3.05) is 5.32 Å². The van der Waals surface area contributed by atoms with Gasteiger partial charge in [-0.25, -0.2) is 8.78 Å². The third-order valence-corrected chi connectivity index (χ3v) is 3.65. The Hall–Kier alpha value is -1.98. The lowest BCUT2D eigenvalue weighted by Crippen LogP contribution is -2.39. The van der Waals surface area contributed by atoms with Crippen LogP contribution in [0.5, 0.6) is 0 Å². The zero-order valence-electron chi connectivity index (χ0n) is 12.7. The van der Waals surface area contributed by atoms with Gasteiger partial charge in [-0.1, -0.05) is 23.7 Å². The molecule has 23 heavy (non-hydrogen) atoms. The maximum atomic E-state index is 13.7. The van der Waals surface area contributed by atoms with Gasteiger partial charge >= 0.3 is 0 Å². The Balaban J connectivity index is 2.00. The molecule has 0 saturated heterocycles. The van der Waals surface area contributed by atoms with E-state index in [2.05, 4.69) is 10.6 Å². The van der Waals surface area contributed by atoms with Crippen molar-refractivity contribution in [1.29, 1.82) is 0 Å². The summed E-state index contributed by atoms with van der Waals surface area (Å²) in [6, 6.07) is 9.14. The number of anilines is 1. The molecule has 0 aliphatic carbocycles. The zero-order valence-corrected chi connectivity index (χ0v) is 13.5. The van der Waals surface area contributed by atoms with Gasteiger partial charge in [0, 0.05) is 28.4 Å². The van der Waals surface area contributed by atoms with Crippen molar-refractivity contribution in [1.82, 2.24) is 5.32 Å². The summed E-state index contributed by atoms with van der Waals surface area (Å²) < 4.78 is 26.7. The number of nitrogens with one attached hydrogen (secondary N) is 2. The second-order valence-corrected chi connectivity index (χ2v) is 5.71. The topological polar surface area (TPSA) is 41.1 Å². The second kappa shape index (κ2) is 7.53. The first-order valence-electron chi connectivity index (χ1n) is 7.14. The molecule has 0 aliphatic heterocycles. The van der Waals surface area contributed by atoms with Gasteiger partial charge in [-0.2, -0.15) is 0 Å². The smallest absolute Gasteiger partial charge is 0.241 e. The van der Waals surface area contributed by atoms with Gasteiger partial charge in [0.15, 0.2) is 0 Å². The van der Waals surface area contributed by atoms with E-state index in [1.807, 2.05) is 0 Å². The van der Waals surface area contributed by atoms with E-state index in [0.29, 0.717) is 16.3 Å². The van der Waals surface area contributed by atoms with Crippen LogP contribution in [0, 0.1) is 11.6 Å². The first-order valence-corrected chi connectivity index (χ1v) is 7.52. The second-order valence-electron chi connectivity index (χ2n) is 5.28. The van der Waals surface area contributed by atoms with Crippen LogP contribution in [0.1, 0.15) is 25.5 Å². The highest BCUT2D eigenvalue weighted by Crippen LogP contribution is 2.19. The van der Waals surface area contributed by atoms with Gasteiger partial charge in [0.25, 0.3) is 0 Å². The van der Waals surface area contributed by atoms with Crippen LogP contribution < -0.4 is 10.6 Å². The third-order valence-electron chi connectivity index (χ3n) is 3.41. The van der Waals surface area contributed by atoms with E-state index >= 15 is 0 Å². The monoisotopic (exact) mass is 338 g/mol. The van der Waals surface area contributed by atoms with Crippen molar-refractivity contribution in [2.24, 2.45) is 0 Å². The lowest BCUT2D eigenvalue weighted by atomic mass is 10.1. The van der Waals surface area contributed by atoms with Crippen molar-refractivity contribution in [2.45, 2.75) is 25.9 Å². The van der Waals surface area contributed by atoms with E-state index in [1.165, 1.54) is 12.1 Å². The van der Waals surface area contributed by atoms with Gasteiger partial charge in [0.1, 0.15) is 11.6 Å². The molecule has 2 aromatic carbocycles. The number of halogens is 3. The first kappa shape index (κ1) is 17.4. The van der Waals surface area contributed by atoms with E-state index < -0.39 is 23.7 Å². The minimum atomic E-state index is -0.646. The Labute approximate surface area is 138 Å². The molecule has 0 aromatic heterocycles. The number of carbonyl (C=O) groups excluding carboxylic acids is 1. The Bertz CT molecular complexity index is 709. The van der Waals surface area contributed by atoms with E-state index in [1.54, 1.807) is 38.1 Å². The highest BCUT2D eigenvalue weighted by atomic mass is 35.5. The molecule has 2 aromatic rings. The number of hydrogen-bond donors (Lipinski definition) is 2. The Morgan fingerprint density at radius 2 is 1.87 bits per heavy atom. The predicted octanol–water partition coefficient (Wildman–Crippen LogP) is 4.30. The fourth-order valence-electron chi connectivity index (χ4n) is 2.21. The summed E-state index contributed by atoms with van der Waals surface area (Å²) in [5.74, 6) is -1.56. The van der Waals surface area contributed by atoms with Crippen LogP contribution in [-0.2, 0) is 4.79 Å². The number of benzene rings is 2. The zero-order chi connectivity index (χ0) is 17.0. The van der Waals surface area contributed by atoms with Gasteiger partial charge in [0.05, 0.1) is 6.04 Å². The number of hydrogen-bond acceptors (Lipinski definition) is 2. The largest absolute Gasteiger partial charge is 0.325 e. The molecule has 0 radical (unpaired) electrons. The van der Waals surface area contributed by atoms with Crippen LogP contribution in [0.4, 0.5) is 14.5 Å². The molecule has 0 aliphatic rings. The van der Waals surface area contributed by atoms with Crippen molar-refractivity contribution < 1.29 is 13.6 Å². The van der Waals surface area contributed by atoms with Gasteiger partial charge in [-0.15, -0.1) is 0 Å². The fraction of sp³-hybridized carbons (Fsp3) is 0.235. The highest BCUT2D eigenvalue weighted by Gasteiger charge is 2.18. The van der Waals surface area contributed by atoms with Gasteiger partial charge in [0.2, 0.25) is 5.91 Å². The highest BCUT2D eigenvalue weighted by molar-refractivity contribution is 6.30. The van der Waals surface area contributed by atoms with Crippen LogP contribution in [0.3, 0.4) is 0 Å². The molecule has 6 heteroatoms. The number of amides is 1. The SMILES string of the molecule is C[C@H](N[C@H](C)C(=O)Nc1cccc(Cl)c1)c1ccc(F)cc1F. The maximum Gasteiger partial charge on any atom is 0.241 e. The molecular formula is C17H17ClF2N2O. The lowest BCUT2D eigenvalue weighted by molar-refractivity contribution is -0.117. The molecule has 1 amide bonds. The predicted molar refractivity (Wildman–Crippen MR) is 87.5 cm³/mol. The van der Waals surface area contributed by atoms with Gasteiger partial charge < -0.3 is 5.32 Å². The summed E-state index contributed by atoms with van der Waals surface area (Å²) in [7, 11) is 0. The summed E-state index contributed by atoms with van der Waals surface area (Å²) in [5, 5.41) is 6.23. The number of carbonyl (C=O) groups is 1. The molecular weight excluding hydrogens is 322 g/mol. The molecule has 0 heterocycles. The summed E-state index contributed by atoms with van der Waals surface area (Å²) in [5.41, 5.74) is 0.880. The fourth-order valence-corrected chi connectivity index (χ4v) is 2.40. The van der Waals surface area contributed by atoms with E-state index in [0.717, 1.165) is 6.07 Å². The Morgan fingerprint density at radius 3 is 2.52 bits per heavy atom. The number of rotatable bonds is 5. The maximum absolute atomic E-state index is 13.7.